The predicted molar refractivity (Wildman–Crippen MR) is 67.5 cm³/mol. The molecule has 0 saturated heterocycles. The van der Waals surface area contributed by atoms with E-state index < -0.39 is 23.6 Å². The van der Waals surface area contributed by atoms with E-state index in [9.17, 15) is 18.3 Å². The van der Waals surface area contributed by atoms with Crippen molar-refractivity contribution in [3.8, 4) is 0 Å². The van der Waals surface area contributed by atoms with E-state index in [4.69, 9.17) is 0 Å². The molecule has 0 aliphatic rings. The maximum absolute atomic E-state index is 13.8. The van der Waals surface area contributed by atoms with Gasteiger partial charge in [0.15, 0.2) is 0 Å². The Morgan fingerprint density at radius 2 is 1.53 bits per heavy atom. The van der Waals surface area contributed by atoms with E-state index in [-0.39, 0.29) is 9.79 Å². The lowest BCUT2D eigenvalue weighted by atomic mass is 10.1. The lowest BCUT2D eigenvalue weighted by Crippen LogP contribution is -1.93. The highest BCUT2D eigenvalue weighted by atomic mass is 32.2. The van der Waals surface area contributed by atoms with Crippen molar-refractivity contribution in [3.05, 3.63) is 59.4 Å². The Bertz CT molecular complexity index is 599. The minimum absolute atomic E-state index is 0.144. The lowest BCUT2D eigenvalue weighted by Gasteiger charge is -2.08. The quantitative estimate of drug-likeness (QED) is 0.906. The number of rotatable bonds is 3. The fourth-order valence-corrected chi connectivity index (χ4v) is 2.36. The number of hydrogen-bond donors (Lipinski definition) is 1. The molecule has 0 amide bonds. The summed E-state index contributed by atoms with van der Waals surface area (Å²) in [5, 5.41) is 9.33. The molecule has 0 aliphatic heterocycles. The Balaban J connectivity index is 2.28. The lowest BCUT2D eigenvalue weighted by molar-refractivity contribution is 0.198. The van der Waals surface area contributed by atoms with E-state index in [1.54, 1.807) is 6.07 Å². The number of aliphatic hydroxyl groups excluding tert-OH is 1. The average Bonchev–Trinajstić information content (AvgIpc) is 2.34. The molecule has 0 bridgehead atoms. The van der Waals surface area contributed by atoms with Gasteiger partial charge in [-0.3, -0.25) is 0 Å². The van der Waals surface area contributed by atoms with Gasteiger partial charge < -0.3 is 5.11 Å². The SMILES string of the molecule is C[C@H](O)c1ccc(Sc2ccc(F)cc2F)c(F)c1. The third-order valence-corrected chi connectivity index (χ3v) is 3.65. The first-order valence-corrected chi connectivity index (χ1v) is 6.39. The Morgan fingerprint density at radius 1 is 0.947 bits per heavy atom. The summed E-state index contributed by atoms with van der Waals surface area (Å²) >= 11 is 0.872. The van der Waals surface area contributed by atoms with Gasteiger partial charge in [-0.05, 0) is 36.8 Å². The molecule has 1 nitrogen and oxygen atoms in total. The van der Waals surface area contributed by atoms with E-state index >= 15 is 0 Å². The second-order valence-corrected chi connectivity index (χ2v) is 5.13. The molecule has 1 N–H and O–H groups in total. The van der Waals surface area contributed by atoms with Crippen molar-refractivity contribution in [1.29, 1.82) is 0 Å². The standard InChI is InChI=1S/C14H11F3OS/c1-8(18)9-2-4-13(11(16)6-9)19-14-5-3-10(15)7-12(14)17/h2-8,18H,1H3/t8-/m0/s1. The van der Waals surface area contributed by atoms with E-state index in [1.807, 2.05) is 0 Å². The predicted octanol–water partition coefficient (Wildman–Crippen LogP) is 4.31. The van der Waals surface area contributed by atoms with Gasteiger partial charge in [0.05, 0.1) is 6.10 Å². The van der Waals surface area contributed by atoms with Crippen LogP contribution in [0.2, 0.25) is 0 Å². The first kappa shape index (κ1) is 14.0. The van der Waals surface area contributed by atoms with Crippen molar-refractivity contribution in [3.63, 3.8) is 0 Å². The number of aliphatic hydroxyl groups is 1. The van der Waals surface area contributed by atoms with Gasteiger partial charge in [-0.1, -0.05) is 17.8 Å². The smallest absolute Gasteiger partial charge is 0.140 e. The molecule has 2 aromatic carbocycles. The monoisotopic (exact) mass is 284 g/mol. The van der Waals surface area contributed by atoms with Crippen molar-refractivity contribution >= 4 is 11.8 Å². The van der Waals surface area contributed by atoms with E-state index in [0.29, 0.717) is 5.56 Å². The molecule has 0 spiro atoms. The molecule has 0 aliphatic carbocycles. The summed E-state index contributed by atoms with van der Waals surface area (Å²) in [6.45, 7) is 1.53. The Labute approximate surface area is 113 Å². The first-order valence-electron chi connectivity index (χ1n) is 5.58. The largest absolute Gasteiger partial charge is 0.389 e. The number of hydrogen-bond acceptors (Lipinski definition) is 2. The molecule has 2 rings (SSSR count). The van der Waals surface area contributed by atoms with Gasteiger partial charge >= 0.3 is 0 Å². The Morgan fingerprint density at radius 3 is 2.05 bits per heavy atom. The van der Waals surface area contributed by atoms with Crippen molar-refractivity contribution < 1.29 is 18.3 Å². The van der Waals surface area contributed by atoms with Crippen molar-refractivity contribution in [2.45, 2.75) is 22.8 Å². The zero-order chi connectivity index (χ0) is 14.0. The summed E-state index contributed by atoms with van der Waals surface area (Å²) in [4.78, 5) is 0.361. The zero-order valence-electron chi connectivity index (χ0n) is 10.0. The van der Waals surface area contributed by atoms with Crippen LogP contribution in [0, 0.1) is 17.5 Å². The van der Waals surface area contributed by atoms with Crippen LogP contribution in [0.25, 0.3) is 0 Å². The van der Waals surface area contributed by atoms with Crippen LogP contribution in [-0.4, -0.2) is 5.11 Å². The summed E-state index contributed by atoms with van der Waals surface area (Å²) < 4.78 is 40.0. The van der Waals surface area contributed by atoms with Crippen LogP contribution in [0.3, 0.4) is 0 Å². The minimum Gasteiger partial charge on any atom is -0.389 e. The molecule has 0 fully saturated rings. The normalized spacial score (nSPS) is 12.5. The van der Waals surface area contributed by atoms with Gasteiger partial charge in [-0.15, -0.1) is 0 Å². The molecule has 0 heterocycles. The second kappa shape index (κ2) is 5.67. The van der Waals surface area contributed by atoms with Crippen LogP contribution < -0.4 is 0 Å². The van der Waals surface area contributed by atoms with Gasteiger partial charge in [0.2, 0.25) is 0 Å². The van der Waals surface area contributed by atoms with E-state index in [0.717, 1.165) is 23.9 Å². The summed E-state index contributed by atoms with van der Waals surface area (Å²) in [6.07, 6.45) is -0.767. The van der Waals surface area contributed by atoms with Crippen LogP contribution >= 0.6 is 11.8 Å². The third kappa shape index (κ3) is 3.30. The Hall–Kier alpha value is -1.46. The molecule has 0 radical (unpaired) electrons. The zero-order valence-corrected chi connectivity index (χ0v) is 10.8. The summed E-state index contributed by atoms with van der Waals surface area (Å²) in [5.41, 5.74) is 0.446. The number of halogens is 3. The second-order valence-electron chi connectivity index (χ2n) is 4.04. The fourth-order valence-electron chi connectivity index (χ4n) is 1.54. The van der Waals surface area contributed by atoms with Gasteiger partial charge in [-0.2, -0.15) is 0 Å². The molecule has 100 valence electrons. The maximum Gasteiger partial charge on any atom is 0.140 e. The highest BCUT2D eigenvalue weighted by Gasteiger charge is 2.11. The minimum atomic E-state index is -0.767. The van der Waals surface area contributed by atoms with Crippen LogP contribution in [0.5, 0.6) is 0 Å². The third-order valence-electron chi connectivity index (χ3n) is 2.55. The molecule has 5 heteroatoms. The highest BCUT2D eigenvalue weighted by Crippen LogP contribution is 2.33. The maximum atomic E-state index is 13.8. The number of benzene rings is 2. The van der Waals surface area contributed by atoms with Crippen molar-refractivity contribution in [2.75, 3.05) is 0 Å². The van der Waals surface area contributed by atoms with Gasteiger partial charge in [-0.25, -0.2) is 13.2 Å². The van der Waals surface area contributed by atoms with E-state index in [1.165, 1.54) is 25.1 Å². The van der Waals surface area contributed by atoms with Crippen molar-refractivity contribution in [1.82, 2.24) is 0 Å². The molecular weight excluding hydrogens is 273 g/mol. The molecular formula is C14H11F3OS. The highest BCUT2D eigenvalue weighted by molar-refractivity contribution is 7.99. The summed E-state index contributed by atoms with van der Waals surface area (Å²) in [6, 6.07) is 7.37. The van der Waals surface area contributed by atoms with Crippen LogP contribution in [-0.2, 0) is 0 Å². The molecule has 0 unspecified atom stereocenters. The topological polar surface area (TPSA) is 20.2 Å². The van der Waals surface area contributed by atoms with Gasteiger partial charge in [0.25, 0.3) is 0 Å². The molecule has 19 heavy (non-hydrogen) atoms. The molecule has 0 aromatic heterocycles. The van der Waals surface area contributed by atoms with E-state index in [2.05, 4.69) is 0 Å². The molecule has 2 aromatic rings. The fraction of sp³-hybridized carbons (Fsp3) is 0.143. The van der Waals surface area contributed by atoms with Crippen LogP contribution in [0.15, 0.2) is 46.2 Å². The molecule has 1 atom stereocenters. The summed E-state index contributed by atoms with van der Waals surface area (Å²) in [7, 11) is 0. The first-order chi connectivity index (χ1) is 8.97. The van der Waals surface area contributed by atoms with Crippen LogP contribution in [0.4, 0.5) is 13.2 Å². The van der Waals surface area contributed by atoms with Gasteiger partial charge in [0.1, 0.15) is 17.5 Å². The average molecular weight is 284 g/mol. The summed E-state index contributed by atoms with van der Waals surface area (Å²) in [5.74, 6) is -1.96. The Kier molecular flexibility index (Phi) is 4.17. The van der Waals surface area contributed by atoms with Crippen molar-refractivity contribution in [2.24, 2.45) is 0 Å². The molecule has 0 saturated carbocycles. The van der Waals surface area contributed by atoms with Gasteiger partial charge in [0, 0.05) is 15.9 Å². The van der Waals surface area contributed by atoms with Crippen LogP contribution in [0.1, 0.15) is 18.6 Å².